The van der Waals surface area contributed by atoms with Crippen LogP contribution in [0.4, 0.5) is 24.9 Å². The minimum absolute atomic E-state index is 0.128. The second-order valence-corrected chi connectivity index (χ2v) is 7.92. The van der Waals surface area contributed by atoms with Gasteiger partial charge in [-0.05, 0) is 43.2 Å². The van der Waals surface area contributed by atoms with Gasteiger partial charge in [0.05, 0.1) is 16.7 Å². The molecule has 4 N–H and O–H groups in total. The third kappa shape index (κ3) is 4.54. The monoisotopic (exact) mass is 459 g/mol. The molecule has 1 saturated carbocycles. The Labute approximate surface area is 187 Å². The smallest absolute Gasteiger partial charge is 0.380 e. The van der Waals surface area contributed by atoms with Crippen molar-refractivity contribution in [3.63, 3.8) is 0 Å². The van der Waals surface area contributed by atoms with Crippen LogP contribution >= 0.6 is 0 Å². The predicted octanol–water partition coefficient (Wildman–Crippen LogP) is 4.21. The van der Waals surface area contributed by atoms with E-state index in [0.717, 1.165) is 34.2 Å². The third-order valence-corrected chi connectivity index (χ3v) is 5.70. The summed E-state index contributed by atoms with van der Waals surface area (Å²) in [5.41, 5.74) is 7.67. The quantitative estimate of drug-likeness (QED) is 0.411. The maximum absolute atomic E-state index is 12.1. The normalized spacial score (nSPS) is 15.8. The zero-order valence-corrected chi connectivity index (χ0v) is 18.0. The maximum Gasteiger partial charge on any atom is 0.417 e. The molecule has 1 aliphatic rings. The van der Waals surface area contributed by atoms with Crippen molar-refractivity contribution in [3.05, 3.63) is 42.7 Å². The fourth-order valence-electron chi connectivity index (χ4n) is 3.95. The molecule has 11 heteroatoms. The lowest BCUT2D eigenvalue weighted by atomic mass is 9.84. The van der Waals surface area contributed by atoms with Crippen molar-refractivity contribution < 1.29 is 18.3 Å². The summed E-state index contributed by atoms with van der Waals surface area (Å²) in [5.74, 6) is 0.884. The average Bonchev–Trinajstić information content (AvgIpc) is 3.22. The van der Waals surface area contributed by atoms with E-state index in [0.29, 0.717) is 18.7 Å². The number of fused-ring (bicyclic) bond motifs is 2. The molecule has 0 bridgehead atoms. The van der Waals surface area contributed by atoms with Crippen LogP contribution < -0.4 is 11.1 Å². The van der Waals surface area contributed by atoms with Gasteiger partial charge in [-0.3, -0.25) is 4.98 Å². The van der Waals surface area contributed by atoms with Crippen LogP contribution in [0.15, 0.2) is 42.7 Å². The molecule has 0 amide bonds. The molecule has 4 heterocycles. The Balaban J connectivity index is 0.000000200. The Kier molecular flexibility index (Phi) is 6.07. The predicted molar refractivity (Wildman–Crippen MR) is 120 cm³/mol. The van der Waals surface area contributed by atoms with Crippen molar-refractivity contribution in [2.75, 3.05) is 18.1 Å². The van der Waals surface area contributed by atoms with E-state index < -0.39 is 11.8 Å². The minimum atomic E-state index is -4.44. The van der Waals surface area contributed by atoms with Gasteiger partial charge in [0.25, 0.3) is 0 Å². The molecule has 0 aromatic carbocycles. The van der Waals surface area contributed by atoms with Crippen LogP contribution in [0.5, 0.6) is 0 Å². The summed E-state index contributed by atoms with van der Waals surface area (Å²) in [7, 11) is 1.80. The Morgan fingerprint density at radius 3 is 2.48 bits per heavy atom. The maximum atomic E-state index is 12.1. The van der Waals surface area contributed by atoms with E-state index in [1.54, 1.807) is 17.8 Å². The SMILES string of the molecule is CNc1nc(N)nn2ccc(-c3ccc4ncccc4n3)c12.OC1(C(F)(F)F)CCCCC1. The first-order valence-corrected chi connectivity index (χ1v) is 10.6. The molecule has 0 unspecified atom stereocenters. The van der Waals surface area contributed by atoms with Crippen LogP contribution in [0, 0.1) is 0 Å². The van der Waals surface area contributed by atoms with Gasteiger partial charge in [0, 0.05) is 25.0 Å². The van der Waals surface area contributed by atoms with E-state index >= 15 is 0 Å². The first kappa shape index (κ1) is 22.7. The van der Waals surface area contributed by atoms with Crippen LogP contribution in [0.25, 0.3) is 27.8 Å². The van der Waals surface area contributed by atoms with E-state index in [1.165, 1.54) is 0 Å². The van der Waals surface area contributed by atoms with E-state index in [-0.39, 0.29) is 18.8 Å². The van der Waals surface area contributed by atoms with Crippen molar-refractivity contribution in [1.29, 1.82) is 0 Å². The van der Waals surface area contributed by atoms with Gasteiger partial charge in [-0.25, -0.2) is 9.50 Å². The second kappa shape index (κ2) is 8.81. The summed E-state index contributed by atoms with van der Waals surface area (Å²) < 4.78 is 37.9. The molecular formula is C22H24F3N7O. The summed E-state index contributed by atoms with van der Waals surface area (Å²) in [4.78, 5) is 13.2. The Bertz CT molecular complexity index is 1270. The summed E-state index contributed by atoms with van der Waals surface area (Å²) in [6.07, 6.45) is 0.677. The van der Waals surface area contributed by atoms with Crippen molar-refractivity contribution in [1.82, 2.24) is 24.6 Å². The Morgan fingerprint density at radius 1 is 1.06 bits per heavy atom. The number of rotatable bonds is 2. The zero-order valence-electron chi connectivity index (χ0n) is 18.0. The Morgan fingerprint density at radius 2 is 1.82 bits per heavy atom. The van der Waals surface area contributed by atoms with Gasteiger partial charge < -0.3 is 16.2 Å². The second-order valence-electron chi connectivity index (χ2n) is 7.92. The number of hydrogen-bond acceptors (Lipinski definition) is 7. The molecule has 4 aromatic heterocycles. The average molecular weight is 459 g/mol. The van der Waals surface area contributed by atoms with Gasteiger partial charge in [-0.15, -0.1) is 5.10 Å². The number of anilines is 2. The van der Waals surface area contributed by atoms with Gasteiger partial charge in [-0.2, -0.15) is 18.2 Å². The fraction of sp³-hybridized carbons (Fsp3) is 0.364. The Hall–Kier alpha value is -3.47. The minimum Gasteiger partial charge on any atom is -0.380 e. The molecule has 33 heavy (non-hydrogen) atoms. The highest BCUT2D eigenvalue weighted by atomic mass is 19.4. The van der Waals surface area contributed by atoms with Gasteiger partial charge >= 0.3 is 6.18 Å². The van der Waals surface area contributed by atoms with E-state index in [4.69, 9.17) is 10.8 Å². The molecular weight excluding hydrogens is 435 g/mol. The molecule has 0 spiro atoms. The number of nitrogens with two attached hydrogens (primary N) is 1. The molecule has 4 aromatic rings. The highest BCUT2D eigenvalue weighted by molar-refractivity contribution is 5.89. The van der Waals surface area contributed by atoms with E-state index in [1.807, 2.05) is 36.5 Å². The number of nitrogens with zero attached hydrogens (tertiary/aromatic N) is 5. The molecule has 5 rings (SSSR count). The number of alkyl halides is 3. The first-order chi connectivity index (χ1) is 15.7. The van der Waals surface area contributed by atoms with E-state index in [9.17, 15) is 13.2 Å². The molecule has 0 radical (unpaired) electrons. The molecule has 1 aliphatic carbocycles. The van der Waals surface area contributed by atoms with Crippen LogP contribution in [0.2, 0.25) is 0 Å². The standard InChI is InChI=1S/C15H13N7.C7H11F3O/c1-17-14-13-9(6-8-22(13)21-15(16)20-14)10-4-5-11-12(19-10)3-2-7-18-11;8-7(9,10)6(11)4-2-1-3-5-6/h2-8H,1H3,(H3,16,17,20,21);11H,1-5H2. The lowest BCUT2D eigenvalue weighted by molar-refractivity contribution is -0.269. The van der Waals surface area contributed by atoms with Gasteiger partial charge in [0.2, 0.25) is 5.95 Å². The highest BCUT2D eigenvalue weighted by Gasteiger charge is 2.53. The lowest BCUT2D eigenvalue weighted by Crippen LogP contribution is -2.46. The molecule has 0 atom stereocenters. The zero-order chi connectivity index (χ0) is 23.6. The van der Waals surface area contributed by atoms with Crippen molar-refractivity contribution in [2.24, 2.45) is 0 Å². The van der Waals surface area contributed by atoms with Crippen LogP contribution in [-0.2, 0) is 0 Å². The van der Waals surface area contributed by atoms with Gasteiger partial charge in [0.1, 0.15) is 5.52 Å². The first-order valence-electron chi connectivity index (χ1n) is 10.6. The summed E-state index contributed by atoms with van der Waals surface area (Å²) in [6.45, 7) is 0. The summed E-state index contributed by atoms with van der Waals surface area (Å²) in [6, 6.07) is 9.67. The number of aliphatic hydroxyl groups is 1. The number of nitrogens with one attached hydrogen (secondary N) is 1. The van der Waals surface area contributed by atoms with Gasteiger partial charge in [0.15, 0.2) is 11.4 Å². The highest BCUT2D eigenvalue weighted by Crippen LogP contribution is 2.41. The third-order valence-electron chi connectivity index (χ3n) is 5.70. The van der Waals surface area contributed by atoms with E-state index in [2.05, 4.69) is 25.4 Å². The molecule has 1 fully saturated rings. The number of nitrogen functional groups attached to an aromatic ring is 1. The van der Waals surface area contributed by atoms with Crippen LogP contribution in [0.1, 0.15) is 32.1 Å². The molecule has 8 nitrogen and oxygen atoms in total. The van der Waals surface area contributed by atoms with Crippen LogP contribution in [-0.4, -0.2) is 48.5 Å². The molecule has 0 aliphatic heterocycles. The van der Waals surface area contributed by atoms with Gasteiger partial charge in [-0.1, -0.05) is 19.3 Å². The lowest BCUT2D eigenvalue weighted by Gasteiger charge is -2.33. The molecule has 0 saturated heterocycles. The number of halogens is 3. The largest absolute Gasteiger partial charge is 0.417 e. The number of aromatic nitrogens is 5. The van der Waals surface area contributed by atoms with Crippen molar-refractivity contribution in [2.45, 2.75) is 43.9 Å². The van der Waals surface area contributed by atoms with Crippen molar-refractivity contribution in [3.8, 4) is 11.3 Å². The summed E-state index contributed by atoms with van der Waals surface area (Å²) in [5, 5.41) is 16.3. The topological polar surface area (TPSA) is 114 Å². The van der Waals surface area contributed by atoms with Crippen LogP contribution in [0.3, 0.4) is 0 Å². The summed E-state index contributed by atoms with van der Waals surface area (Å²) >= 11 is 0. The van der Waals surface area contributed by atoms with Crippen molar-refractivity contribution >= 4 is 28.3 Å². The fourth-order valence-corrected chi connectivity index (χ4v) is 3.95. The molecule has 174 valence electrons. The number of pyridine rings is 2. The number of hydrogen-bond donors (Lipinski definition) is 3.